The molecule has 1 amide bonds. The van der Waals surface area contributed by atoms with E-state index in [-0.39, 0.29) is 22.4 Å². The summed E-state index contributed by atoms with van der Waals surface area (Å²) in [5.74, 6) is -0.279. The molecule has 0 saturated carbocycles. The van der Waals surface area contributed by atoms with Crippen molar-refractivity contribution in [3.8, 4) is 0 Å². The van der Waals surface area contributed by atoms with Gasteiger partial charge in [-0.25, -0.2) is 0 Å². The molecule has 0 radical (unpaired) electrons. The van der Waals surface area contributed by atoms with E-state index in [4.69, 9.17) is 21.6 Å². The lowest BCUT2D eigenvalue weighted by molar-refractivity contribution is 0.0943. The number of carbonyl (C=O) groups is 1. The van der Waals surface area contributed by atoms with Gasteiger partial charge in [-0.05, 0) is 31.4 Å². The van der Waals surface area contributed by atoms with E-state index in [1.54, 1.807) is 0 Å². The fraction of sp³-hybridized carbons (Fsp3) is 0.300. The molecule has 86 valence electrons. The first-order valence-electron chi connectivity index (χ1n) is 4.88. The summed E-state index contributed by atoms with van der Waals surface area (Å²) in [6, 6.07) is 4.30. The highest BCUT2D eigenvalue weighted by molar-refractivity contribution is 6.59. The molecule has 16 heavy (non-hydrogen) atoms. The molecule has 0 aliphatic rings. The van der Waals surface area contributed by atoms with Crippen molar-refractivity contribution in [1.82, 2.24) is 5.32 Å². The molecule has 0 atom stereocenters. The Morgan fingerprint density at radius 2 is 2.06 bits per heavy atom. The topological polar surface area (TPSA) is 69.6 Å². The van der Waals surface area contributed by atoms with Gasteiger partial charge in [-0.1, -0.05) is 17.7 Å². The number of hydrogen-bond acceptors (Lipinski definition) is 3. The van der Waals surface area contributed by atoms with Gasteiger partial charge in [0, 0.05) is 6.04 Å². The van der Waals surface area contributed by atoms with Crippen LogP contribution in [0.2, 0.25) is 5.02 Å². The van der Waals surface area contributed by atoms with E-state index < -0.39 is 7.12 Å². The average molecular weight is 241 g/mol. The molecule has 1 rings (SSSR count). The van der Waals surface area contributed by atoms with Gasteiger partial charge in [0.1, 0.15) is 0 Å². The number of halogens is 1. The summed E-state index contributed by atoms with van der Waals surface area (Å²) in [6.07, 6.45) is 0. The lowest BCUT2D eigenvalue weighted by atomic mass is 9.80. The summed E-state index contributed by atoms with van der Waals surface area (Å²) in [7, 11) is -1.58. The second-order valence-electron chi connectivity index (χ2n) is 3.74. The molecular weight excluding hydrogens is 228 g/mol. The number of hydrogen-bond donors (Lipinski definition) is 3. The normalized spacial score (nSPS) is 10.4. The Hall–Kier alpha value is -1.04. The number of amides is 1. The van der Waals surface area contributed by atoms with Crippen molar-refractivity contribution >= 4 is 30.1 Å². The average Bonchev–Trinajstić information content (AvgIpc) is 2.15. The van der Waals surface area contributed by atoms with E-state index in [0.29, 0.717) is 5.56 Å². The molecule has 0 fully saturated rings. The Morgan fingerprint density at radius 1 is 1.44 bits per heavy atom. The maximum atomic E-state index is 11.6. The van der Waals surface area contributed by atoms with Crippen LogP contribution in [0.1, 0.15) is 24.2 Å². The minimum absolute atomic E-state index is 0.0201. The van der Waals surface area contributed by atoms with Gasteiger partial charge < -0.3 is 15.4 Å². The van der Waals surface area contributed by atoms with Crippen molar-refractivity contribution in [3.05, 3.63) is 28.8 Å². The fourth-order valence-corrected chi connectivity index (χ4v) is 1.49. The molecule has 0 heterocycles. The van der Waals surface area contributed by atoms with Crippen LogP contribution in [-0.4, -0.2) is 29.1 Å². The van der Waals surface area contributed by atoms with Crippen LogP contribution in [0.5, 0.6) is 0 Å². The Balaban J connectivity index is 2.95. The zero-order valence-electron chi connectivity index (χ0n) is 9.07. The van der Waals surface area contributed by atoms with Gasteiger partial charge in [-0.2, -0.15) is 0 Å². The minimum Gasteiger partial charge on any atom is -0.423 e. The van der Waals surface area contributed by atoms with Crippen molar-refractivity contribution in [3.63, 3.8) is 0 Å². The first-order valence-corrected chi connectivity index (χ1v) is 5.26. The first-order chi connectivity index (χ1) is 7.41. The second-order valence-corrected chi connectivity index (χ2v) is 4.15. The third-order valence-electron chi connectivity index (χ3n) is 1.96. The number of rotatable bonds is 3. The third kappa shape index (κ3) is 3.23. The Bertz CT molecular complexity index is 396. The first kappa shape index (κ1) is 13.0. The second kappa shape index (κ2) is 5.34. The van der Waals surface area contributed by atoms with Gasteiger partial charge in [0.15, 0.2) is 0 Å². The van der Waals surface area contributed by atoms with Crippen LogP contribution in [0.4, 0.5) is 0 Å². The highest BCUT2D eigenvalue weighted by Crippen LogP contribution is 2.14. The van der Waals surface area contributed by atoms with Crippen molar-refractivity contribution in [2.24, 2.45) is 0 Å². The molecule has 0 aliphatic carbocycles. The summed E-state index contributed by atoms with van der Waals surface area (Å²) < 4.78 is 0. The van der Waals surface area contributed by atoms with Gasteiger partial charge in [0.2, 0.25) is 0 Å². The molecule has 0 bridgehead atoms. The quantitative estimate of drug-likeness (QED) is 0.660. The van der Waals surface area contributed by atoms with Crippen LogP contribution in [0, 0.1) is 0 Å². The Morgan fingerprint density at radius 3 is 2.50 bits per heavy atom. The highest BCUT2D eigenvalue weighted by atomic mass is 35.5. The maximum absolute atomic E-state index is 11.6. The molecule has 3 N–H and O–H groups in total. The van der Waals surface area contributed by atoms with E-state index in [0.717, 1.165) is 0 Å². The van der Waals surface area contributed by atoms with E-state index >= 15 is 0 Å². The zero-order valence-corrected chi connectivity index (χ0v) is 9.82. The predicted octanol–water partition coefficient (Wildman–Crippen LogP) is 0.158. The molecule has 0 saturated heterocycles. The van der Waals surface area contributed by atoms with Gasteiger partial charge >= 0.3 is 7.12 Å². The fourth-order valence-electron chi connectivity index (χ4n) is 1.22. The zero-order chi connectivity index (χ0) is 12.3. The summed E-state index contributed by atoms with van der Waals surface area (Å²) in [6.45, 7) is 3.69. The lowest BCUT2D eigenvalue weighted by Gasteiger charge is -2.10. The van der Waals surface area contributed by atoms with Crippen molar-refractivity contribution in [2.45, 2.75) is 19.9 Å². The molecule has 0 aromatic heterocycles. The summed E-state index contributed by atoms with van der Waals surface area (Å²) in [4.78, 5) is 11.6. The van der Waals surface area contributed by atoms with Crippen LogP contribution >= 0.6 is 11.6 Å². The molecule has 4 nitrogen and oxygen atoms in total. The molecule has 1 aromatic rings. The molecule has 6 heteroatoms. The largest absolute Gasteiger partial charge is 0.488 e. The Kier molecular flexibility index (Phi) is 4.35. The van der Waals surface area contributed by atoms with Gasteiger partial charge in [0.05, 0.1) is 10.6 Å². The Labute approximate surface area is 99.4 Å². The molecule has 1 aromatic carbocycles. The maximum Gasteiger partial charge on any atom is 0.488 e. The predicted molar refractivity (Wildman–Crippen MR) is 63.9 cm³/mol. The summed E-state index contributed by atoms with van der Waals surface area (Å²) >= 11 is 5.87. The number of carbonyl (C=O) groups excluding carboxylic acids is 1. The van der Waals surface area contributed by atoms with Gasteiger partial charge in [0.25, 0.3) is 5.91 Å². The number of benzene rings is 1. The molecular formula is C10H13BClNO3. The van der Waals surface area contributed by atoms with Gasteiger partial charge in [-0.3, -0.25) is 4.79 Å². The molecule has 0 aliphatic heterocycles. The van der Waals surface area contributed by atoms with Gasteiger partial charge in [-0.15, -0.1) is 0 Å². The summed E-state index contributed by atoms with van der Waals surface area (Å²) in [5.41, 5.74) is 0.575. The smallest absolute Gasteiger partial charge is 0.423 e. The van der Waals surface area contributed by atoms with Crippen molar-refractivity contribution in [2.75, 3.05) is 0 Å². The third-order valence-corrected chi connectivity index (χ3v) is 2.27. The summed E-state index contributed by atoms with van der Waals surface area (Å²) in [5, 5.41) is 20.7. The highest BCUT2D eigenvalue weighted by Gasteiger charge is 2.16. The lowest BCUT2D eigenvalue weighted by Crippen LogP contribution is -2.32. The van der Waals surface area contributed by atoms with E-state index in [9.17, 15) is 4.79 Å². The minimum atomic E-state index is -1.58. The van der Waals surface area contributed by atoms with Crippen LogP contribution in [-0.2, 0) is 0 Å². The van der Waals surface area contributed by atoms with Crippen LogP contribution in [0.25, 0.3) is 0 Å². The number of nitrogens with one attached hydrogen (secondary N) is 1. The van der Waals surface area contributed by atoms with Crippen molar-refractivity contribution in [1.29, 1.82) is 0 Å². The SMILES string of the molecule is CC(C)NC(=O)c1ccc(B(O)O)cc1Cl. The van der Waals surface area contributed by atoms with Crippen LogP contribution < -0.4 is 10.8 Å². The molecule has 0 spiro atoms. The monoisotopic (exact) mass is 241 g/mol. The van der Waals surface area contributed by atoms with Crippen LogP contribution in [0.3, 0.4) is 0 Å². The van der Waals surface area contributed by atoms with E-state index in [2.05, 4.69) is 5.32 Å². The van der Waals surface area contributed by atoms with Crippen molar-refractivity contribution < 1.29 is 14.8 Å². The van der Waals surface area contributed by atoms with Crippen LogP contribution in [0.15, 0.2) is 18.2 Å². The standard InChI is InChI=1S/C10H13BClNO3/c1-6(2)13-10(14)8-4-3-7(11(15)16)5-9(8)12/h3-6,15-16H,1-2H3,(H,13,14). The van der Waals surface area contributed by atoms with E-state index in [1.807, 2.05) is 13.8 Å². The molecule has 0 unspecified atom stereocenters. The van der Waals surface area contributed by atoms with E-state index in [1.165, 1.54) is 18.2 Å².